The smallest absolute Gasteiger partial charge is 0.245 e. The molecule has 1 saturated heterocycles. The van der Waals surface area contributed by atoms with E-state index in [1.807, 2.05) is 38.1 Å². The summed E-state index contributed by atoms with van der Waals surface area (Å²) in [6.45, 7) is 3.63. The zero-order valence-electron chi connectivity index (χ0n) is 17.0. The molecule has 162 valence electrons. The molecule has 30 heavy (non-hydrogen) atoms. The Morgan fingerprint density at radius 2 is 1.97 bits per heavy atom. The van der Waals surface area contributed by atoms with Crippen molar-refractivity contribution in [1.82, 2.24) is 5.48 Å². The molecule has 1 aliphatic heterocycles. The van der Waals surface area contributed by atoms with E-state index >= 15 is 0 Å². The van der Waals surface area contributed by atoms with Crippen LogP contribution in [0.2, 0.25) is 0 Å². The zero-order chi connectivity index (χ0) is 21.9. The van der Waals surface area contributed by atoms with E-state index in [0.29, 0.717) is 29.8 Å². The van der Waals surface area contributed by atoms with E-state index < -0.39 is 20.5 Å². The van der Waals surface area contributed by atoms with Crippen molar-refractivity contribution in [3.8, 4) is 10.4 Å². The van der Waals surface area contributed by atoms with E-state index in [9.17, 15) is 18.0 Å². The Kier molecular flexibility index (Phi) is 6.64. The Balaban J connectivity index is 1.97. The SMILES string of the molecule is CC(C)C(=O)Nc1cccc(-c2ccc([C@@]3(CC(=O)NO)CCCCS3(=O)=O)s2)c1. The van der Waals surface area contributed by atoms with Crippen molar-refractivity contribution in [2.75, 3.05) is 11.1 Å². The van der Waals surface area contributed by atoms with Crippen LogP contribution in [0.25, 0.3) is 10.4 Å². The van der Waals surface area contributed by atoms with Crippen LogP contribution >= 0.6 is 11.3 Å². The number of anilines is 1. The van der Waals surface area contributed by atoms with E-state index in [4.69, 9.17) is 5.21 Å². The van der Waals surface area contributed by atoms with Gasteiger partial charge in [-0.3, -0.25) is 14.8 Å². The van der Waals surface area contributed by atoms with Crippen molar-refractivity contribution in [3.63, 3.8) is 0 Å². The van der Waals surface area contributed by atoms with Gasteiger partial charge in [0.25, 0.3) is 0 Å². The fourth-order valence-electron chi connectivity index (χ4n) is 3.69. The third kappa shape index (κ3) is 4.43. The van der Waals surface area contributed by atoms with Crippen LogP contribution in [0.5, 0.6) is 0 Å². The van der Waals surface area contributed by atoms with Crippen molar-refractivity contribution in [1.29, 1.82) is 0 Å². The molecule has 1 aliphatic rings. The number of rotatable bonds is 6. The molecule has 7 nitrogen and oxygen atoms in total. The highest BCUT2D eigenvalue weighted by molar-refractivity contribution is 7.92. The summed E-state index contributed by atoms with van der Waals surface area (Å²) in [6.07, 6.45) is 1.30. The molecule has 2 amide bonds. The van der Waals surface area contributed by atoms with Crippen molar-refractivity contribution in [3.05, 3.63) is 41.3 Å². The normalized spacial score (nSPS) is 20.7. The Morgan fingerprint density at radius 3 is 2.63 bits per heavy atom. The van der Waals surface area contributed by atoms with Crippen molar-refractivity contribution in [2.24, 2.45) is 5.92 Å². The summed E-state index contributed by atoms with van der Waals surface area (Å²) < 4.78 is 24.7. The maximum Gasteiger partial charge on any atom is 0.245 e. The third-order valence-electron chi connectivity index (χ3n) is 5.40. The van der Waals surface area contributed by atoms with E-state index in [1.54, 1.807) is 17.6 Å². The first-order valence-electron chi connectivity index (χ1n) is 9.85. The summed E-state index contributed by atoms with van der Waals surface area (Å²) in [7, 11) is -3.56. The molecule has 0 aliphatic carbocycles. The van der Waals surface area contributed by atoms with Gasteiger partial charge in [-0.15, -0.1) is 11.3 Å². The van der Waals surface area contributed by atoms with Crippen LogP contribution in [-0.4, -0.2) is 31.2 Å². The standard InChI is InChI=1S/C21H26N2O5S2/c1-14(2)20(25)22-16-7-5-6-15(12-16)17-8-9-18(29-17)21(13-19(24)23-26)10-3-4-11-30(21,27)28/h5-9,12,14,26H,3-4,10-11,13H2,1-2H3,(H,22,25)(H,23,24)/t21-/m0/s1. The highest BCUT2D eigenvalue weighted by atomic mass is 32.2. The van der Waals surface area contributed by atoms with Gasteiger partial charge < -0.3 is 5.32 Å². The van der Waals surface area contributed by atoms with E-state index in [2.05, 4.69) is 5.32 Å². The summed E-state index contributed by atoms with van der Waals surface area (Å²) in [6, 6.07) is 11.0. The highest BCUT2D eigenvalue weighted by Gasteiger charge is 2.49. The van der Waals surface area contributed by atoms with Gasteiger partial charge in [-0.05, 0) is 42.7 Å². The number of benzene rings is 1. The Labute approximate surface area is 180 Å². The lowest BCUT2D eigenvalue weighted by Crippen LogP contribution is -2.43. The number of thiophene rings is 1. The first-order chi connectivity index (χ1) is 14.2. The fourth-order valence-corrected chi connectivity index (χ4v) is 7.46. The van der Waals surface area contributed by atoms with Crippen molar-refractivity contribution >= 4 is 38.7 Å². The molecule has 9 heteroatoms. The maximum atomic E-state index is 13.0. The summed E-state index contributed by atoms with van der Waals surface area (Å²) in [5.74, 6) is -0.915. The molecular formula is C21H26N2O5S2. The number of carbonyl (C=O) groups is 2. The average molecular weight is 451 g/mol. The van der Waals surface area contributed by atoms with Crippen LogP contribution in [0.3, 0.4) is 0 Å². The number of hydrogen-bond acceptors (Lipinski definition) is 6. The lowest BCUT2D eigenvalue weighted by atomic mass is 9.94. The molecule has 3 N–H and O–H groups in total. The molecule has 1 fully saturated rings. The lowest BCUT2D eigenvalue weighted by molar-refractivity contribution is -0.130. The van der Waals surface area contributed by atoms with Crippen LogP contribution in [0, 0.1) is 5.92 Å². The second kappa shape index (κ2) is 8.87. The molecule has 3 rings (SSSR count). The maximum absolute atomic E-state index is 13.0. The largest absolute Gasteiger partial charge is 0.326 e. The molecule has 2 aromatic rings. The second-order valence-electron chi connectivity index (χ2n) is 7.87. The average Bonchev–Trinajstić information content (AvgIpc) is 3.20. The third-order valence-corrected chi connectivity index (χ3v) is 9.46. The van der Waals surface area contributed by atoms with Crippen LogP contribution in [0.15, 0.2) is 36.4 Å². The second-order valence-corrected chi connectivity index (χ2v) is 11.4. The summed E-state index contributed by atoms with van der Waals surface area (Å²) in [5.41, 5.74) is 3.10. The van der Waals surface area contributed by atoms with Gasteiger partial charge in [0, 0.05) is 21.4 Å². The molecule has 1 aromatic heterocycles. The monoisotopic (exact) mass is 450 g/mol. The van der Waals surface area contributed by atoms with Crippen LogP contribution in [0.4, 0.5) is 5.69 Å². The predicted molar refractivity (Wildman–Crippen MR) is 117 cm³/mol. The van der Waals surface area contributed by atoms with Crippen LogP contribution < -0.4 is 10.8 Å². The van der Waals surface area contributed by atoms with E-state index in [1.165, 1.54) is 11.3 Å². The molecule has 0 bridgehead atoms. The summed E-state index contributed by atoms with van der Waals surface area (Å²) in [5, 5.41) is 11.9. The van der Waals surface area contributed by atoms with Gasteiger partial charge in [0.05, 0.1) is 12.2 Å². The Hall–Kier alpha value is -2.23. The Bertz CT molecular complexity index is 1050. The predicted octanol–water partition coefficient (Wildman–Crippen LogP) is 3.70. The molecule has 0 radical (unpaired) electrons. The van der Waals surface area contributed by atoms with Gasteiger partial charge in [0.1, 0.15) is 4.75 Å². The number of hydrogen-bond donors (Lipinski definition) is 3. The van der Waals surface area contributed by atoms with Gasteiger partial charge in [-0.2, -0.15) is 0 Å². The topological polar surface area (TPSA) is 113 Å². The first-order valence-corrected chi connectivity index (χ1v) is 12.3. The molecule has 0 spiro atoms. The number of carbonyl (C=O) groups excluding carboxylic acids is 2. The number of sulfone groups is 1. The van der Waals surface area contributed by atoms with Gasteiger partial charge in [-0.25, -0.2) is 13.9 Å². The fraction of sp³-hybridized carbons (Fsp3) is 0.429. The van der Waals surface area contributed by atoms with Crippen LogP contribution in [0.1, 0.15) is 44.4 Å². The van der Waals surface area contributed by atoms with Crippen LogP contribution in [-0.2, 0) is 24.2 Å². The minimum atomic E-state index is -3.56. The van der Waals surface area contributed by atoms with Gasteiger partial charge in [0.15, 0.2) is 9.84 Å². The van der Waals surface area contributed by atoms with Gasteiger partial charge in [-0.1, -0.05) is 32.4 Å². The minimum absolute atomic E-state index is 0.0235. The number of hydroxylamine groups is 1. The van der Waals surface area contributed by atoms with Gasteiger partial charge in [0.2, 0.25) is 11.8 Å². The molecule has 1 aromatic carbocycles. The lowest BCUT2D eigenvalue weighted by Gasteiger charge is -2.35. The van der Waals surface area contributed by atoms with E-state index in [-0.39, 0.29) is 24.0 Å². The molecule has 0 saturated carbocycles. The molecule has 2 heterocycles. The number of amides is 2. The summed E-state index contributed by atoms with van der Waals surface area (Å²) >= 11 is 1.33. The quantitative estimate of drug-likeness (QED) is 0.459. The van der Waals surface area contributed by atoms with Crippen molar-refractivity contribution in [2.45, 2.75) is 44.3 Å². The first kappa shape index (κ1) is 22.5. The summed E-state index contributed by atoms with van der Waals surface area (Å²) in [4.78, 5) is 25.4. The molecule has 0 unspecified atom stereocenters. The molecular weight excluding hydrogens is 424 g/mol. The van der Waals surface area contributed by atoms with Gasteiger partial charge >= 0.3 is 0 Å². The number of nitrogens with one attached hydrogen (secondary N) is 2. The Morgan fingerprint density at radius 1 is 1.20 bits per heavy atom. The van der Waals surface area contributed by atoms with E-state index in [0.717, 1.165) is 10.4 Å². The molecule has 1 atom stereocenters. The minimum Gasteiger partial charge on any atom is -0.326 e. The zero-order valence-corrected chi connectivity index (χ0v) is 18.6. The van der Waals surface area contributed by atoms with Crippen molar-refractivity contribution < 1.29 is 23.2 Å². The highest BCUT2D eigenvalue weighted by Crippen LogP contribution is 2.47.